The van der Waals surface area contributed by atoms with Gasteiger partial charge in [0.05, 0.1) is 23.7 Å². The molecule has 1 saturated heterocycles. The minimum absolute atomic E-state index is 0.109. The van der Waals surface area contributed by atoms with Gasteiger partial charge in [0, 0.05) is 92.2 Å². The van der Waals surface area contributed by atoms with Gasteiger partial charge in [0.25, 0.3) is 0 Å². The molecule has 196 valence electrons. The number of nitrogens with one attached hydrogen (secondary N) is 2. The second-order valence-electron chi connectivity index (χ2n) is 9.40. The van der Waals surface area contributed by atoms with Crippen molar-refractivity contribution in [2.75, 3.05) is 38.1 Å². The van der Waals surface area contributed by atoms with Crippen LogP contribution < -0.4 is 10.2 Å². The second kappa shape index (κ2) is 11.1. The molecule has 1 aliphatic heterocycles. The van der Waals surface area contributed by atoms with Crippen molar-refractivity contribution in [2.24, 2.45) is 0 Å². The molecule has 1 amide bonds. The fourth-order valence-corrected chi connectivity index (χ4v) is 4.75. The summed E-state index contributed by atoms with van der Waals surface area (Å²) in [5, 5.41) is 24.8. The predicted octanol–water partition coefficient (Wildman–Crippen LogP) is 3.07. The van der Waals surface area contributed by atoms with Gasteiger partial charge in [-0.15, -0.1) is 0 Å². The molecule has 4 aromatic heterocycles. The Balaban J connectivity index is 1.33. The molecule has 0 saturated carbocycles. The summed E-state index contributed by atoms with van der Waals surface area (Å²) in [4.78, 5) is 25.9. The highest BCUT2D eigenvalue weighted by Crippen LogP contribution is 2.30. The number of nitrogens with zero attached hydrogens (tertiary/aromatic N) is 7. The van der Waals surface area contributed by atoms with Crippen LogP contribution in [0.3, 0.4) is 0 Å². The summed E-state index contributed by atoms with van der Waals surface area (Å²) in [5.74, 6) is 0.947. The van der Waals surface area contributed by atoms with Crippen LogP contribution in [0.4, 0.5) is 5.82 Å². The minimum atomic E-state index is 0.109. The van der Waals surface area contributed by atoms with E-state index < -0.39 is 0 Å². The molecule has 0 radical (unpaired) electrons. The molecule has 0 atom stereocenters. The summed E-state index contributed by atoms with van der Waals surface area (Å²) in [7, 11) is 1.78. The monoisotopic (exact) mass is 519 g/mol. The molecule has 5 heterocycles. The number of hydrogen-bond donors (Lipinski definition) is 2. The molecule has 0 bridgehead atoms. The van der Waals surface area contributed by atoms with Gasteiger partial charge in [0.1, 0.15) is 11.9 Å². The first-order valence-corrected chi connectivity index (χ1v) is 12.7. The van der Waals surface area contributed by atoms with E-state index >= 15 is 0 Å². The molecular weight excluding hydrogens is 490 g/mol. The summed E-state index contributed by atoms with van der Waals surface area (Å²) in [6.07, 6.45) is 10.3. The summed E-state index contributed by atoms with van der Waals surface area (Å²) in [6.45, 7) is 4.60. The Hall–Kier alpha value is -5.04. The van der Waals surface area contributed by atoms with Crippen LogP contribution >= 0.6 is 0 Å². The molecule has 0 unspecified atom stereocenters. The van der Waals surface area contributed by atoms with Gasteiger partial charge in [-0.05, 0) is 36.8 Å². The number of pyridine rings is 3. The molecule has 0 aromatic carbocycles. The van der Waals surface area contributed by atoms with Crippen LogP contribution in [0.15, 0.2) is 61.3 Å². The van der Waals surface area contributed by atoms with Crippen LogP contribution in [0.25, 0.3) is 22.2 Å². The van der Waals surface area contributed by atoms with Gasteiger partial charge in [-0.1, -0.05) is 6.07 Å². The number of rotatable bonds is 7. The van der Waals surface area contributed by atoms with Gasteiger partial charge in [-0.3, -0.25) is 9.78 Å². The number of allylic oxidation sites excluding steroid dienone is 1. The molecule has 39 heavy (non-hydrogen) atoms. The first-order chi connectivity index (χ1) is 19.0. The number of fused-ring (bicyclic) bond motifs is 1. The molecule has 10 heteroatoms. The lowest BCUT2D eigenvalue weighted by Gasteiger charge is -2.35. The Bertz CT molecular complexity index is 1570. The van der Waals surface area contributed by atoms with Crippen LogP contribution in [-0.2, 0) is 11.2 Å². The van der Waals surface area contributed by atoms with Crippen molar-refractivity contribution >= 4 is 29.0 Å². The molecule has 5 rings (SSSR count). The van der Waals surface area contributed by atoms with E-state index in [2.05, 4.69) is 26.4 Å². The van der Waals surface area contributed by atoms with Gasteiger partial charge < -0.3 is 20.5 Å². The van der Waals surface area contributed by atoms with Crippen molar-refractivity contribution in [1.29, 1.82) is 10.7 Å². The molecule has 0 spiro atoms. The quantitative estimate of drug-likeness (QED) is 0.359. The van der Waals surface area contributed by atoms with Crippen LogP contribution in [0.2, 0.25) is 0 Å². The summed E-state index contributed by atoms with van der Waals surface area (Å²) < 4.78 is 1.67. The predicted molar refractivity (Wildman–Crippen MR) is 150 cm³/mol. The topological polar surface area (TPSA) is 126 Å². The van der Waals surface area contributed by atoms with E-state index in [-0.39, 0.29) is 5.91 Å². The van der Waals surface area contributed by atoms with Gasteiger partial charge in [0.15, 0.2) is 0 Å². The average molecular weight is 520 g/mol. The lowest BCUT2D eigenvalue weighted by molar-refractivity contribution is -0.130. The zero-order valence-electron chi connectivity index (χ0n) is 21.9. The number of aromatic nitrogens is 4. The maximum atomic E-state index is 12.8. The van der Waals surface area contributed by atoms with E-state index in [1.165, 1.54) is 6.21 Å². The van der Waals surface area contributed by atoms with E-state index in [0.29, 0.717) is 49.3 Å². The standard InChI is InChI=1S/C29H29N9O/c1-20-3-4-21(15-33-20)11-28(39)37-9-7-36(8-10-37)27-6-5-22(17-34-27)26-12-23(24(13-30)16-32-2)19-38-29(26)25(14-31)18-35-38/h3-6,12-13,15-19,30,32H,7-11H2,1-2H3/b24-16+,30-13?. The van der Waals surface area contributed by atoms with Crippen molar-refractivity contribution in [2.45, 2.75) is 13.3 Å². The zero-order chi connectivity index (χ0) is 27.4. The van der Waals surface area contributed by atoms with Gasteiger partial charge in [-0.25, -0.2) is 9.50 Å². The molecule has 4 aromatic rings. The molecule has 2 N–H and O–H groups in total. The second-order valence-corrected chi connectivity index (χ2v) is 9.40. The number of nitriles is 1. The van der Waals surface area contributed by atoms with Crippen LogP contribution in [0, 0.1) is 23.7 Å². The zero-order valence-corrected chi connectivity index (χ0v) is 21.9. The maximum Gasteiger partial charge on any atom is 0.227 e. The summed E-state index contributed by atoms with van der Waals surface area (Å²) in [6, 6.07) is 12.0. The van der Waals surface area contributed by atoms with Gasteiger partial charge in [-0.2, -0.15) is 10.4 Å². The van der Waals surface area contributed by atoms with Crippen molar-refractivity contribution < 1.29 is 4.79 Å². The Morgan fingerprint density at radius 1 is 1.13 bits per heavy atom. The highest BCUT2D eigenvalue weighted by molar-refractivity contribution is 6.08. The summed E-state index contributed by atoms with van der Waals surface area (Å²) in [5.41, 5.74) is 6.16. The van der Waals surface area contributed by atoms with E-state index in [9.17, 15) is 10.1 Å². The highest BCUT2D eigenvalue weighted by atomic mass is 16.2. The Labute approximate surface area is 226 Å². The molecule has 0 aliphatic carbocycles. The Morgan fingerprint density at radius 2 is 1.95 bits per heavy atom. The normalized spacial score (nSPS) is 13.8. The Kier molecular flexibility index (Phi) is 7.32. The minimum Gasteiger partial charge on any atom is -0.393 e. The number of carbonyl (C=O) groups excluding carboxylic acids is 1. The first-order valence-electron chi connectivity index (χ1n) is 12.7. The maximum absolute atomic E-state index is 12.8. The average Bonchev–Trinajstić information content (AvgIpc) is 3.40. The number of anilines is 1. The number of carbonyl (C=O) groups is 1. The number of aryl methyl sites for hydroxylation is 1. The number of amides is 1. The number of hydrogen-bond acceptors (Lipinski definition) is 8. The molecule has 10 nitrogen and oxygen atoms in total. The van der Waals surface area contributed by atoms with Gasteiger partial charge in [0.2, 0.25) is 5.91 Å². The SMILES string of the molecule is CN/C=C(\C=N)c1cc(-c2ccc(N3CCN(C(=O)Cc4ccc(C)nc4)CC3)nc2)c2c(C#N)cnn2c1. The Morgan fingerprint density at radius 3 is 2.59 bits per heavy atom. The summed E-state index contributed by atoms with van der Waals surface area (Å²) >= 11 is 0. The molecule has 1 fully saturated rings. The van der Waals surface area contributed by atoms with Gasteiger partial charge >= 0.3 is 0 Å². The van der Waals surface area contributed by atoms with E-state index in [4.69, 9.17) is 10.4 Å². The number of piperazine rings is 1. The third-order valence-electron chi connectivity index (χ3n) is 6.86. The third-order valence-corrected chi connectivity index (χ3v) is 6.86. The molecular formula is C29H29N9O. The van der Waals surface area contributed by atoms with Crippen LogP contribution in [-0.4, -0.2) is 69.8 Å². The lowest BCUT2D eigenvalue weighted by atomic mass is 10.0. The van der Waals surface area contributed by atoms with Crippen molar-refractivity contribution in [3.05, 3.63) is 83.7 Å². The largest absolute Gasteiger partial charge is 0.393 e. The smallest absolute Gasteiger partial charge is 0.227 e. The van der Waals surface area contributed by atoms with Crippen molar-refractivity contribution in [3.8, 4) is 17.2 Å². The van der Waals surface area contributed by atoms with E-state index in [1.807, 2.05) is 48.4 Å². The third kappa shape index (κ3) is 5.33. The molecule has 1 aliphatic rings. The van der Waals surface area contributed by atoms with Crippen molar-refractivity contribution in [3.63, 3.8) is 0 Å². The lowest BCUT2D eigenvalue weighted by Crippen LogP contribution is -2.49. The van der Waals surface area contributed by atoms with Crippen LogP contribution in [0.1, 0.15) is 22.4 Å². The van der Waals surface area contributed by atoms with E-state index in [0.717, 1.165) is 33.8 Å². The van der Waals surface area contributed by atoms with Crippen LogP contribution in [0.5, 0.6) is 0 Å². The van der Waals surface area contributed by atoms with Crippen molar-refractivity contribution in [1.82, 2.24) is 29.8 Å². The first kappa shape index (κ1) is 25.6. The fourth-order valence-electron chi connectivity index (χ4n) is 4.75. The fraction of sp³-hybridized carbons (Fsp3) is 0.241. The van der Waals surface area contributed by atoms with E-state index in [1.54, 1.807) is 36.4 Å². The highest BCUT2D eigenvalue weighted by Gasteiger charge is 2.22.